The van der Waals surface area contributed by atoms with E-state index in [9.17, 15) is 13.2 Å². The van der Waals surface area contributed by atoms with Crippen molar-refractivity contribution in [3.63, 3.8) is 0 Å². The molecule has 0 saturated heterocycles. The highest BCUT2D eigenvalue weighted by Gasteiger charge is 2.19. The summed E-state index contributed by atoms with van der Waals surface area (Å²) in [6.07, 6.45) is 0. The number of methoxy groups -OCH3 is 1. The highest BCUT2D eigenvalue weighted by Crippen LogP contribution is 1.97. The number of nitrogens with zero attached hydrogens (tertiary/aromatic N) is 1. The molecule has 0 saturated carbocycles. The molecule has 0 heterocycles. The fourth-order valence-electron chi connectivity index (χ4n) is 0.853. The summed E-state index contributed by atoms with van der Waals surface area (Å²) in [7, 11) is -0.820. The topological polar surface area (TPSA) is 93.1 Å². The Kier molecular flexibility index (Phi) is 7.22. The van der Waals surface area contributed by atoms with Crippen LogP contribution in [0.25, 0.3) is 0 Å². The van der Waals surface area contributed by atoms with Gasteiger partial charge in [0.25, 0.3) is 0 Å². The molecule has 0 amide bonds. The van der Waals surface area contributed by atoms with Crippen molar-refractivity contribution in [2.45, 2.75) is 0 Å². The van der Waals surface area contributed by atoms with E-state index >= 15 is 0 Å². The Balaban J connectivity index is 3.91. The molecule has 16 heavy (non-hydrogen) atoms. The lowest BCUT2D eigenvalue weighted by Crippen LogP contribution is -2.35. The largest absolute Gasteiger partial charge is 0.480 e. The first-order valence-electron chi connectivity index (χ1n) is 4.62. The summed E-state index contributed by atoms with van der Waals surface area (Å²) in [5.74, 6) is -1.42. The molecule has 8 heteroatoms. The molecule has 0 bridgehead atoms. The summed E-state index contributed by atoms with van der Waals surface area (Å²) >= 11 is 0. The van der Waals surface area contributed by atoms with Gasteiger partial charge in [0.15, 0.2) is 0 Å². The van der Waals surface area contributed by atoms with Crippen molar-refractivity contribution in [2.24, 2.45) is 0 Å². The molecule has 0 aliphatic heterocycles. The van der Waals surface area contributed by atoms with Crippen LogP contribution in [-0.2, 0) is 24.3 Å². The smallest absolute Gasteiger partial charge is 0.318 e. The van der Waals surface area contributed by atoms with E-state index in [-0.39, 0.29) is 12.4 Å². The molecule has 0 atom stereocenters. The third-order valence-corrected chi connectivity index (χ3v) is 3.51. The predicted octanol–water partition coefficient (Wildman–Crippen LogP) is -1.00. The SMILES string of the molecule is COCCOCCS(=O)(=O)N(C)CC(=O)O. The Labute approximate surface area is 95.0 Å². The second-order valence-corrected chi connectivity index (χ2v) is 5.27. The quantitative estimate of drug-likeness (QED) is 0.531. The molecular formula is C8H17NO6S. The second-order valence-electron chi connectivity index (χ2n) is 3.07. The van der Waals surface area contributed by atoms with Gasteiger partial charge in [0.1, 0.15) is 6.54 Å². The molecule has 0 aliphatic rings. The Morgan fingerprint density at radius 1 is 1.31 bits per heavy atom. The third-order valence-electron chi connectivity index (χ3n) is 1.75. The van der Waals surface area contributed by atoms with E-state index in [0.717, 1.165) is 4.31 Å². The van der Waals surface area contributed by atoms with E-state index in [1.807, 2.05) is 0 Å². The van der Waals surface area contributed by atoms with E-state index in [0.29, 0.717) is 13.2 Å². The molecule has 0 aromatic carbocycles. The van der Waals surface area contributed by atoms with Crippen molar-refractivity contribution in [3.05, 3.63) is 0 Å². The predicted molar refractivity (Wildman–Crippen MR) is 56.7 cm³/mol. The van der Waals surface area contributed by atoms with Gasteiger partial charge in [0.2, 0.25) is 10.0 Å². The van der Waals surface area contributed by atoms with Gasteiger partial charge in [-0.3, -0.25) is 4.79 Å². The Morgan fingerprint density at radius 2 is 1.94 bits per heavy atom. The minimum atomic E-state index is -3.56. The normalized spacial score (nSPS) is 11.9. The molecule has 7 nitrogen and oxygen atoms in total. The van der Waals surface area contributed by atoms with Crippen LogP contribution in [0.3, 0.4) is 0 Å². The van der Waals surface area contributed by atoms with Gasteiger partial charge in [0, 0.05) is 14.2 Å². The van der Waals surface area contributed by atoms with Crippen LogP contribution in [0.2, 0.25) is 0 Å². The highest BCUT2D eigenvalue weighted by molar-refractivity contribution is 7.89. The van der Waals surface area contributed by atoms with Crippen LogP contribution in [0.4, 0.5) is 0 Å². The maximum atomic E-state index is 11.5. The number of carbonyl (C=O) groups is 1. The first-order valence-corrected chi connectivity index (χ1v) is 6.23. The van der Waals surface area contributed by atoms with Gasteiger partial charge in [0.05, 0.1) is 25.6 Å². The summed E-state index contributed by atoms with van der Waals surface area (Å²) in [5, 5.41) is 8.43. The number of rotatable bonds is 9. The summed E-state index contributed by atoms with van der Waals surface area (Å²) in [6.45, 7) is 0.190. The van der Waals surface area contributed by atoms with E-state index in [1.54, 1.807) is 0 Å². The van der Waals surface area contributed by atoms with Gasteiger partial charge in [-0.2, -0.15) is 4.31 Å². The van der Waals surface area contributed by atoms with Crippen LogP contribution in [0.15, 0.2) is 0 Å². The third kappa shape index (κ3) is 6.72. The minimum absolute atomic E-state index is 0.0235. The molecule has 0 rings (SSSR count). The van der Waals surface area contributed by atoms with Gasteiger partial charge in [-0.25, -0.2) is 8.42 Å². The minimum Gasteiger partial charge on any atom is -0.480 e. The van der Waals surface area contributed by atoms with Gasteiger partial charge in [-0.1, -0.05) is 0 Å². The zero-order valence-electron chi connectivity index (χ0n) is 9.38. The fraction of sp³-hybridized carbons (Fsp3) is 0.875. The lowest BCUT2D eigenvalue weighted by molar-refractivity contribution is -0.137. The molecule has 0 aromatic rings. The number of likely N-dealkylation sites (N-methyl/N-ethyl adjacent to an activating group) is 1. The van der Waals surface area contributed by atoms with Crippen molar-refractivity contribution < 1.29 is 27.8 Å². The van der Waals surface area contributed by atoms with Crippen molar-refractivity contribution in [3.8, 4) is 0 Å². The van der Waals surface area contributed by atoms with Crippen molar-refractivity contribution >= 4 is 16.0 Å². The molecule has 0 spiro atoms. The average Bonchev–Trinajstić information content (AvgIpc) is 2.16. The lowest BCUT2D eigenvalue weighted by Gasteiger charge is -2.14. The standard InChI is InChI=1S/C8H17NO6S/c1-9(7-8(10)11)16(12,13)6-5-15-4-3-14-2/h3-7H2,1-2H3,(H,10,11). The lowest BCUT2D eigenvalue weighted by atomic mass is 10.7. The number of carboxylic acids is 1. The van der Waals surface area contributed by atoms with E-state index < -0.39 is 22.5 Å². The van der Waals surface area contributed by atoms with Gasteiger partial charge in [-0.15, -0.1) is 0 Å². The maximum Gasteiger partial charge on any atom is 0.318 e. The highest BCUT2D eigenvalue weighted by atomic mass is 32.2. The number of ether oxygens (including phenoxy) is 2. The Hall–Kier alpha value is -0.700. The summed E-state index contributed by atoms with van der Waals surface area (Å²) in [5.41, 5.74) is 0. The molecule has 0 aromatic heterocycles. The van der Waals surface area contributed by atoms with Crippen LogP contribution < -0.4 is 0 Å². The zero-order valence-corrected chi connectivity index (χ0v) is 10.2. The number of carboxylic acid groups (broad SMARTS) is 1. The summed E-state index contributed by atoms with van der Waals surface area (Å²) in [4.78, 5) is 10.3. The van der Waals surface area contributed by atoms with Crippen LogP contribution >= 0.6 is 0 Å². The number of hydrogen-bond acceptors (Lipinski definition) is 5. The monoisotopic (exact) mass is 255 g/mol. The van der Waals surface area contributed by atoms with Gasteiger partial charge < -0.3 is 14.6 Å². The average molecular weight is 255 g/mol. The molecule has 1 N–H and O–H groups in total. The molecular weight excluding hydrogens is 238 g/mol. The fourth-order valence-corrected chi connectivity index (χ4v) is 1.80. The van der Waals surface area contributed by atoms with Crippen molar-refractivity contribution in [1.82, 2.24) is 4.31 Å². The molecule has 0 aliphatic carbocycles. The number of hydrogen-bond donors (Lipinski definition) is 1. The Morgan fingerprint density at radius 3 is 2.44 bits per heavy atom. The van der Waals surface area contributed by atoms with Crippen LogP contribution in [0.5, 0.6) is 0 Å². The maximum absolute atomic E-state index is 11.5. The molecule has 0 radical (unpaired) electrons. The van der Waals surface area contributed by atoms with Crippen molar-refractivity contribution in [1.29, 1.82) is 0 Å². The summed E-state index contributed by atoms with van der Waals surface area (Å²) in [6, 6.07) is 0. The van der Waals surface area contributed by atoms with Crippen molar-refractivity contribution in [2.75, 3.05) is 46.3 Å². The zero-order chi connectivity index (χ0) is 12.6. The molecule has 0 unspecified atom stereocenters. The van der Waals surface area contributed by atoms with Crippen LogP contribution in [-0.4, -0.2) is 70.1 Å². The second kappa shape index (κ2) is 7.55. The molecule has 96 valence electrons. The Bertz CT molecular complexity index is 302. The van der Waals surface area contributed by atoms with Gasteiger partial charge >= 0.3 is 5.97 Å². The van der Waals surface area contributed by atoms with Crippen LogP contribution in [0, 0.1) is 0 Å². The van der Waals surface area contributed by atoms with Gasteiger partial charge in [-0.05, 0) is 0 Å². The number of sulfonamides is 1. The number of aliphatic carboxylic acids is 1. The van der Waals surface area contributed by atoms with E-state index in [1.165, 1.54) is 14.2 Å². The van der Waals surface area contributed by atoms with E-state index in [2.05, 4.69) is 0 Å². The van der Waals surface area contributed by atoms with Crippen LogP contribution in [0.1, 0.15) is 0 Å². The summed E-state index contributed by atoms with van der Waals surface area (Å²) < 4.78 is 33.4. The first kappa shape index (κ1) is 15.3. The molecule has 0 fully saturated rings. The van der Waals surface area contributed by atoms with E-state index in [4.69, 9.17) is 14.6 Å². The first-order chi connectivity index (χ1) is 7.40.